The first-order valence-corrected chi connectivity index (χ1v) is 10.9. The van der Waals surface area contributed by atoms with Gasteiger partial charge in [-0.15, -0.1) is 0 Å². The molecule has 1 fully saturated rings. The molecule has 2 aromatic carbocycles. The Bertz CT molecular complexity index is 1140. The van der Waals surface area contributed by atoms with Crippen LogP contribution in [0.2, 0.25) is 0 Å². The van der Waals surface area contributed by atoms with E-state index in [1.54, 1.807) is 0 Å². The maximum Gasteiger partial charge on any atom is 0.156 e. The molecule has 0 saturated carbocycles. The van der Waals surface area contributed by atoms with Crippen LogP contribution in [0, 0.1) is 0 Å². The molecule has 4 aromatic rings. The summed E-state index contributed by atoms with van der Waals surface area (Å²) in [7, 11) is 0. The monoisotopic (exact) mass is 413 g/mol. The smallest absolute Gasteiger partial charge is 0.156 e. The third kappa shape index (κ3) is 4.54. The van der Waals surface area contributed by atoms with E-state index in [1.807, 2.05) is 59.1 Å². The van der Waals surface area contributed by atoms with Gasteiger partial charge in [-0.2, -0.15) is 5.10 Å². The fourth-order valence-corrected chi connectivity index (χ4v) is 4.08. The van der Waals surface area contributed by atoms with Gasteiger partial charge in [0.15, 0.2) is 11.5 Å². The van der Waals surface area contributed by atoms with E-state index in [-0.39, 0.29) is 0 Å². The number of nitrogen functional groups attached to an aromatic ring is 1. The predicted octanol–water partition coefficient (Wildman–Crippen LogP) is 4.04. The lowest BCUT2D eigenvalue weighted by atomic mass is 10.1. The van der Waals surface area contributed by atoms with Gasteiger partial charge >= 0.3 is 0 Å². The van der Waals surface area contributed by atoms with Crippen LogP contribution in [0.3, 0.4) is 0 Å². The van der Waals surface area contributed by atoms with Gasteiger partial charge in [0.05, 0.1) is 5.69 Å². The zero-order chi connectivity index (χ0) is 21.0. The standard InChI is InChI=1S/C25H27N5O/c26-21-10-8-20(9-11-21)23-4-3-5-25-27-24(28-30(23)25)18-19-6-12-22(13-7-19)31-17-16-29-14-1-2-15-29/h3-13H,1-2,14-18,26H2. The normalized spacial score (nSPS) is 14.3. The van der Waals surface area contributed by atoms with Crippen molar-refractivity contribution in [3.63, 3.8) is 0 Å². The Morgan fingerprint density at radius 3 is 2.45 bits per heavy atom. The number of anilines is 1. The molecule has 1 saturated heterocycles. The van der Waals surface area contributed by atoms with Crippen LogP contribution in [0.5, 0.6) is 5.75 Å². The molecule has 0 unspecified atom stereocenters. The first-order valence-electron chi connectivity index (χ1n) is 10.9. The molecule has 2 aromatic heterocycles. The second kappa shape index (κ2) is 8.78. The zero-order valence-corrected chi connectivity index (χ0v) is 17.6. The lowest BCUT2D eigenvalue weighted by Gasteiger charge is -2.14. The summed E-state index contributed by atoms with van der Waals surface area (Å²) in [6.45, 7) is 4.15. The van der Waals surface area contributed by atoms with Gasteiger partial charge in [-0.05, 0) is 67.9 Å². The molecule has 0 bridgehead atoms. The Kier molecular flexibility index (Phi) is 5.54. The van der Waals surface area contributed by atoms with Gasteiger partial charge in [0.2, 0.25) is 0 Å². The Hall–Kier alpha value is -3.38. The van der Waals surface area contributed by atoms with Crippen molar-refractivity contribution in [2.45, 2.75) is 19.3 Å². The first kappa shape index (κ1) is 19.6. The lowest BCUT2D eigenvalue weighted by molar-refractivity contribution is 0.238. The van der Waals surface area contributed by atoms with Crippen molar-refractivity contribution in [2.75, 3.05) is 32.0 Å². The topological polar surface area (TPSA) is 68.7 Å². The molecule has 0 aliphatic carbocycles. The van der Waals surface area contributed by atoms with Gasteiger partial charge in [0.25, 0.3) is 0 Å². The summed E-state index contributed by atoms with van der Waals surface area (Å²) in [6.07, 6.45) is 3.30. The molecule has 6 nitrogen and oxygen atoms in total. The molecule has 6 heteroatoms. The highest BCUT2D eigenvalue weighted by Crippen LogP contribution is 2.22. The predicted molar refractivity (Wildman–Crippen MR) is 123 cm³/mol. The van der Waals surface area contributed by atoms with Crippen LogP contribution >= 0.6 is 0 Å². The minimum absolute atomic E-state index is 0.677. The van der Waals surface area contributed by atoms with Crippen LogP contribution in [-0.2, 0) is 6.42 Å². The molecule has 0 atom stereocenters. The summed E-state index contributed by atoms with van der Waals surface area (Å²) in [6, 6.07) is 22.1. The molecule has 31 heavy (non-hydrogen) atoms. The highest BCUT2D eigenvalue weighted by Gasteiger charge is 2.11. The van der Waals surface area contributed by atoms with Gasteiger partial charge in [-0.25, -0.2) is 9.50 Å². The Morgan fingerprint density at radius 2 is 1.68 bits per heavy atom. The molecular formula is C25H27N5O. The molecule has 2 N–H and O–H groups in total. The van der Waals surface area contributed by atoms with E-state index >= 15 is 0 Å². The number of hydrogen-bond donors (Lipinski definition) is 1. The maximum absolute atomic E-state index is 5.91. The molecule has 0 spiro atoms. The number of rotatable bonds is 7. The largest absolute Gasteiger partial charge is 0.492 e. The number of nitrogens with zero attached hydrogens (tertiary/aromatic N) is 4. The summed E-state index contributed by atoms with van der Waals surface area (Å²) >= 11 is 0. The quantitative estimate of drug-likeness (QED) is 0.463. The lowest BCUT2D eigenvalue weighted by Crippen LogP contribution is -2.25. The van der Waals surface area contributed by atoms with Crippen LogP contribution in [0.25, 0.3) is 16.9 Å². The van der Waals surface area contributed by atoms with Gasteiger partial charge in [-0.3, -0.25) is 4.90 Å². The number of benzene rings is 2. The maximum atomic E-state index is 5.91. The SMILES string of the molecule is Nc1ccc(-c2cccc3nc(Cc4ccc(OCCN5CCCC5)cc4)nn23)cc1. The van der Waals surface area contributed by atoms with Crippen molar-refractivity contribution in [3.05, 3.63) is 78.1 Å². The van der Waals surface area contributed by atoms with Crippen molar-refractivity contribution in [2.24, 2.45) is 0 Å². The van der Waals surface area contributed by atoms with Crippen LogP contribution in [0.4, 0.5) is 5.69 Å². The second-order valence-electron chi connectivity index (χ2n) is 8.05. The molecular weight excluding hydrogens is 386 g/mol. The van der Waals surface area contributed by atoms with Crippen LogP contribution < -0.4 is 10.5 Å². The van der Waals surface area contributed by atoms with Gasteiger partial charge < -0.3 is 10.5 Å². The molecule has 1 aliphatic rings. The number of pyridine rings is 1. The number of fused-ring (bicyclic) bond motifs is 1. The minimum atomic E-state index is 0.677. The summed E-state index contributed by atoms with van der Waals surface area (Å²) in [5, 5.41) is 4.76. The van der Waals surface area contributed by atoms with Crippen molar-refractivity contribution in [1.82, 2.24) is 19.5 Å². The van der Waals surface area contributed by atoms with E-state index in [4.69, 9.17) is 20.6 Å². The Morgan fingerprint density at radius 1 is 0.903 bits per heavy atom. The number of nitrogens with two attached hydrogens (primary N) is 1. The first-order chi connectivity index (χ1) is 15.2. The third-order valence-electron chi connectivity index (χ3n) is 5.77. The van der Waals surface area contributed by atoms with E-state index in [2.05, 4.69) is 17.0 Å². The van der Waals surface area contributed by atoms with E-state index in [0.717, 1.165) is 52.9 Å². The second-order valence-corrected chi connectivity index (χ2v) is 8.05. The summed E-state index contributed by atoms with van der Waals surface area (Å²) in [4.78, 5) is 7.18. The van der Waals surface area contributed by atoms with Crippen LogP contribution in [0.1, 0.15) is 24.2 Å². The van der Waals surface area contributed by atoms with Crippen molar-refractivity contribution in [3.8, 4) is 17.0 Å². The summed E-state index contributed by atoms with van der Waals surface area (Å²) < 4.78 is 7.81. The molecule has 158 valence electrons. The molecule has 3 heterocycles. The average Bonchev–Trinajstić information content (AvgIpc) is 3.45. The molecule has 5 rings (SSSR count). The highest BCUT2D eigenvalue weighted by molar-refractivity contribution is 5.65. The number of ether oxygens (including phenoxy) is 1. The van der Waals surface area contributed by atoms with Gasteiger partial charge in [0.1, 0.15) is 12.4 Å². The zero-order valence-electron chi connectivity index (χ0n) is 17.6. The fourth-order valence-electron chi connectivity index (χ4n) is 4.08. The Labute approximate surface area is 182 Å². The average molecular weight is 414 g/mol. The van der Waals surface area contributed by atoms with Crippen LogP contribution in [-0.4, -0.2) is 45.7 Å². The van der Waals surface area contributed by atoms with Crippen molar-refractivity contribution < 1.29 is 4.74 Å². The van der Waals surface area contributed by atoms with Gasteiger partial charge in [0, 0.05) is 24.2 Å². The highest BCUT2D eigenvalue weighted by atomic mass is 16.5. The van der Waals surface area contributed by atoms with Crippen molar-refractivity contribution in [1.29, 1.82) is 0 Å². The van der Waals surface area contributed by atoms with E-state index in [9.17, 15) is 0 Å². The van der Waals surface area contributed by atoms with E-state index in [0.29, 0.717) is 6.42 Å². The molecule has 0 amide bonds. The Balaban J connectivity index is 1.27. The summed E-state index contributed by atoms with van der Waals surface area (Å²) in [5.41, 5.74) is 10.6. The van der Waals surface area contributed by atoms with E-state index < -0.39 is 0 Å². The minimum Gasteiger partial charge on any atom is -0.492 e. The molecule has 1 aliphatic heterocycles. The number of aromatic nitrogens is 3. The molecule has 0 radical (unpaired) electrons. The summed E-state index contributed by atoms with van der Waals surface area (Å²) in [5.74, 6) is 1.71. The number of likely N-dealkylation sites (tertiary alicyclic amines) is 1. The number of hydrogen-bond acceptors (Lipinski definition) is 5. The van der Waals surface area contributed by atoms with E-state index in [1.165, 1.54) is 25.9 Å². The fraction of sp³-hybridized carbons (Fsp3) is 0.280. The van der Waals surface area contributed by atoms with Crippen LogP contribution in [0.15, 0.2) is 66.7 Å². The van der Waals surface area contributed by atoms with Gasteiger partial charge in [-0.1, -0.05) is 30.3 Å². The third-order valence-corrected chi connectivity index (χ3v) is 5.77. The van der Waals surface area contributed by atoms with Crippen molar-refractivity contribution >= 4 is 11.3 Å².